The molecule has 2 aromatic rings. The topological polar surface area (TPSA) is 67.1 Å². The fourth-order valence-corrected chi connectivity index (χ4v) is 2.89. The van der Waals surface area contributed by atoms with Crippen molar-refractivity contribution in [3.8, 4) is 0 Å². The molecule has 0 saturated carbocycles. The number of piperidine rings is 1. The second-order valence-electron chi connectivity index (χ2n) is 5.91. The zero-order valence-electron chi connectivity index (χ0n) is 12.5. The van der Waals surface area contributed by atoms with Gasteiger partial charge in [-0.25, -0.2) is 9.97 Å². The van der Waals surface area contributed by atoms with E-state index in [0.717, 1.165) is 23.5 Å². The maximum Gasteiger partial charge on any atom is 0.169 e. The van der Waals surface area contributed by atoms with Crippen LogP contribution in [-0.2, 0) is 0 Å². The van der Waals surface area contributed by atoms with Crippen molar-refractivity contribution in [3.63, 3.8) is 0 Å². The molecule has 0 aliphatic carbocycles. The number of nitrogens with two attached hydrogens (primary N) is 1. The van der Waals surface area contributed by atoms with E-state index in [1.807, 2.05) is 24.3 Å². The van der Waals surface area contributed by atoms with Crippen molar-refractivity contribution >= 4 is 22.7 Å². The molecule has 3 rings (SSSR count). The van der Waals surface area contributed by atoms with Gasteiger partial charge in [0.15, 0.2) is 11.6 Å². The Kier molecular flexibility index (Phi) is 4.20. The van der Waals surface area contributed by atoms with E-state index in [2.05, 4.69) is 27.2 Å². The average molecular weight is 285 g/mol. The SMILES string of the molecule is CN1CCC(CCNc2nc3ccccc3nc2N)CC1. The summed E-state index contributed by atoms with van der Waals surface area (Å²) in [5.74, 6) is 2.00. The molecule has 0 bridgehead atoms. The molecule has 3 N–H and O–H groups in total. The van der Waals surface area contributed by atoms with Gasteiger partial charge in [-0.15, -0.1) is 0 Å². The van der Waals surface area contributed by atoms with Crippen LogP contribution in [0.3, 0.4) is 0 Å². The fourth-order valence-electron chi connectivity index (χ4n) is 2.89. The van der Waals surface area contributed by atoms with Gasteiger partial charge < -0.3 is 16.0 Å². The largest absolute Gasteiger partial charge is 0.381 e. The van der Waals surface area contributed by atoms with Crippen LogP contribution in [0, 0.1) is 5.92 Å². The lowest BCUT2D eigenvalue weighted by atomic mass is 9.94. The highest BCUT2D eigenvalue weighted by Crippen LogP contribution is 2.21. The van der Waals surface area contributed by atoms with Gasteiger partial charge in [-0.3, -0.25) is 0 Å². The van der Waals surface area contributed by atoms with Crippen molar-refractivity contribution in [1.29, 1.82) is 0 Å². The predicted molar refractivity (Wildman–Crippen MR) is 87.3 cm³/mol. The second kappa shape index (κ2) is 6.26. The first-order chi connectivity index (χ1) is 10.2. The van der Waals surface area contributed by atoms with Crippen LogP contribution in [-0.4, -0.2) is 41.5 Å². The zero-order chi connectivity index (χ0) is 14.7. The Morgan fingerprint density at radius 2 is 1.86 bits per heavy atom. The van der Waals surface area contributed by atoms with Gasteiger partial charge in [0.2, 0.25) is 0 Å². The van der Waals surface area contributed by atoms with Crippen LogP contribution in [0.4, 0.5) is 11.6 Å². The van der Waals surface area contributed by atoms with Crippen molar-refractivity contribution in [2.45, 2.75) is 19.3 Å². The monoisotopic (exact) mass is 285 g/mol. The van der Waals surface area contributed by atoms with Gasteiger partial charge in [0, 0.05) is 6.54 Å². The summed E-state index contributed by atoms with van der Waals surface area (Å²) in [4.78, 5) is 11.4. The lowest BCUT2D eigenvalue weighted by Crippen LogP contribution is -2.30. The van der Waals surface area contributed by atoms with E-state index in [0.29, 0.717) is 11.6 Å². The minimum absolute atomic E-state index is 0.483. The molecule has 5 nitrogen and oxygen atoms in total. The summed E-state index contributed by atoms with van der Waals surface area (Å²) in [6.07, 6.45) is 3.75. The van der Waals surface area contributed by atoms with Crippen molar-refractivity contribution in [2.75, 3.05) is 37.7 Å². The molecule has 1 aromatic carbocycles. The third-order valence-electron chi connectivity index (χ3n) is 4.28. The molecule has 0 radical (unpaired) electrons. The normalized spacial score (nSPS) is 17.2. The minimum Gasteiger partial charge on any atom is -0.381 e. The maximum atomic E-state index is 5.98. The van der Waals surface area contributed by atoms with E-state index in [-0.39, 0.29) is 0 Å². The lowest BCUT2D eigenvalue weighted by Gasteiger charge is -2.28. The molecule has 1 aliphatic rings. The molecule has 1 aliphatic heterocycles. The van der Waals surface area contributed by atoms with Gasteiger partial charge in [0.05, 0.1) is 11.0 Å². The minimum atomic E-state index is 0.483. The molecular formula is C16H23N5. The van der Waals surface area contributed by atoms with Gasteiger partial charge in [-0.1, -0.05) is 12.1 Å². The highest BCUT2D eigenvalue weighted by Gasteiger charge is 2.16. The summed E-state index contributed by atoms with van der Waals surface area (Å²) in [6, 6.07) is 7.81. The number of aromatic nitrogens is 2. The molecular weight excluding hydrogens is 262 g/mol. The number of anilines is 2. The number of hydrogen-bond acceptors (Lipinski definition) is 5. The van der Waals surface area contributed by atoms with Crippen LogP contribution in [0.15, 0.2) is 24.3 Å². The van der Waals surface area contributed by atoms with Crippen molar-refractivity contribution in [2.24, 2.45) is 5.92 Å². The molecule has 0 spiro atoms. The summed E-state index contributed by atoms with van der Waals surface area (Å²) in [7, 11) is 2.19. The van der Waals surface area contributed by atoms with E-state index in [4.69, 9.17) is 5.73 Å². The van der Waals surface area contributed by atoms with E-state index in [9.17, 15) is 0 Å². The molecule has 112 valence electrons. The smallest absolute Gasteiger partial charge is 0.169 e. The standard InChI is InChI=1S/C16H23N5/c1-21-10-7-12(8-11-21)6-9-18-16-15(17)19-13-4-2-3-5-14(13)20-16/h2-5,12H,6-11H2,1H3,(H2,17,19)(H,18,20). The number of nitrogens with one attached hydrogen (secondary N) is 1. The van der Waals surface area contributed by atoms with E-state index in [1.165, 1.54) is 32.4 Å². The number of nitrogen functional groups attached to an aromatic ring is 1. The van der Waals surface area contributed by atoms with Crippen LogP contribution in [0.5, 0.6) is 0 Å². The Bertz CT molecular complexity index is 605. The van der Waals surface area contributed by atoms with Crippen molar-refractivity contribution < 1.29 is 0 Å². The van der Waals surface area contributed by atoms with Crippen LogP contribution < -0.4 is 11.1 Å². The van der Waals surface area contributed by atoms with Gasteiger partial charge in [0.1, 0.15) is 0 Å². The van der Waals surface area contributed by atoms with Crippen LogP contribution in [0.1, 0.15) is 19.3 Å². The molecule has 0 unspecified atom stereocenters. The van der Waals surface area contributed by atoms with Gasteiger partial charge >= 0.3 is 0 Å². The number of hydrogen-bond donors (Lipinski definition) is 2. The Hall–Kier alpha value is -1.88. The highest BCUT2D eigenvalue weighted by atomic mass is 15.1. The first-order valence-electron chi connectivity index (χ1n) is 7.67. The molecule has 1 saturated heterocycles. The molecule has 21 heavy (non-hydrogen) atoms. The first kappa shape index (κ1) is 14.1. The van der Waals surface area contributed by atoms with E-state index in [1.54, 1.807) is 0 Å². The Labute approximate surface area is 125 Å². The van der Waals surface area contributed by atoms with Gasteiger partial charge in [-0.05, 0) is 57.5 Å². The summed E-state index contributed by atoms with van der Waals surface area (Å²) >= 11 is 0. The summed E-state index contributed by atoms with van der Waals surface area (Å²) in [5, 5.41) is 3.35. The van der Waals surface area contributed by atoms with Crippen LogP contribution >= 0.6 is 0 Å². The third-order valence-corrected chi connectivity index (χ3v) is 4.28. The highest BCUT2D eigenvalue weighted by molar-refractivity contribution is 5.79. The van der Waals surface area contributed by atoms with E-state index >= 15 is 0 Å². The van der Waals surface area contributed by atoms with Gasteiger partial charge in [-0.2, -0.15) is 0 Å². The zero-order valence-corrected chi connectivity index (χ0v) is 12.5. The molecule has 5 heteroatoms. The molecule has 2 heterocycles. The van der Waals surface area contributed by atoms with Gasteiger partial charge in [0.25, 0.3) is 0 Å². The Balaban J connectivity index is 1.59. The van der Waals surface area contributed by atoms with Crippen molar-refractivity contribution in [1.82, 2.24) is 14.9 Å². The quantitative estimate of drug-likeness (QED) is 0.902. The number of benzene rings is 1. The molecule has 0 atom stereocenters. The second-order valence-corrected chi connectivity index (χ2v) is 5.91. The first-order valence-corrected chi connectivity index (χ1v) is 7.67. The molecule has 1 fully saturated rings. The van der Waals surface area contributed by atoms with Crippen LogP contribution in [0.2, 0.25) is 0 Å². The van der Waals surface area contributed by atoms with Crippen molar-refractivity contribution in [3.05, 3.63) is 24.3 Å². The fraction of sp³-hybridized carbons (Fsp3) is 0.500. The summed E-state index contributed by atoms with van der Waals surface area (Å²) in [5.41, 5.74) is 7.71. The third kappa shape index (κ3) is 3.42. The Morgan fingerprint density at radius 1 is 1.19 bits per heavy atom. The predicted octanol–water partition coefficient (Wildman–Crippen LogP) is 2.36. The number of likely N-dealkylation sites (tertiary alicyclic amines) is 1. The Morgan fingerprint density at radius 3 is 2.57 bits per heavy atom. The number of para-hydroxylation sites is 2. The number of rotatable bonds is 4. The summed E-state index contributed by atoms with van der Waals surface area (Å²) in [6.45, 7) is 3.33. The van der Waals surface area contributed by atoms with Crippen LogP contribution in [0.25, 0.3) is 11.0 Å². The average Bonchev–Trinajstić information content (AvgIpc) is 2.50. The number of nitrogens with zero attached hydrogens (tertiary/aromatic N) is 3. The maximum absolute atomic E-state index is 5.98. The number of fused-ring (bicyclic) bond motifs is 1. The summed E-state index contributed by atoms with van der Waals surface area (Å²) < 4.78 is 0. The lowest BCUT2D eigenvalue weighted by molar-refractivity contribution is 0.215. The molecule has 0 amide bonds. The molecule has 1 aromatic heterocycles. The van der Waals surface area contributed by atoms with E-state index < -0.39 is 0 Å².